The standard InChI is InChI=1S/C39H76NO7P/c1-3-5-7-9-11-13-15-17-18-19-21-23-25-27-29-31-34-44-38(37-47-48(42,43)46-35-33-40)36-45-39(41)32-30-28-26-24-22-20-16-14-12-10-8-6-4-2/h17-18,31,34,38H,3-16,19-30,32-33,35-37,40H2,1-2H3,(H,42,43). The largest absolute Gasteiger partial charge is 0.492 e. The predicted molar refractivity (Wildman–Crippen MR) is 201 cm³/mol. The van der Waals surface area contributed by atoms with Gasteiger partial charge < -0.3 is 20.1 Å². The SMILES string of the molecule is CCCCCCCCC=CCCCCCCC=COC(COC(=O)CCCCCCCCCCCCCCC)COP(=O)(O)OCCN. The third kappa shape index (κ3) is 36.1. The first-order valence-electron chi connectivity index (χ1n) is 19.9. The Balaban J connectivity index is 4.13. The Hall–Kier alpha value is -1.18. The van der Waals surface area contributed by atoms with Crippen molar-refractivity contribution in [3.8, 4) is 0 Å². The highest BCUT2D eigenvalue weighted by molar-refractivity contribution is 7.47. The molecule has 0 aromatic heterocycles. The van der Waals surface area contributed by atoms with Crippen molar-refractivity contribution in [1.29, 1.82) is 0 Å². The van der Waals surface area contributed by atoms with E-state index in [0.29, 0.717) is 6.42 Å². The molecular weight excluding hydrogens is 625 g/mol. The summed E-state index contributed by atoms with van der Waals surface area (Å²) in [7, 11) is -4.26. The van der Waals surface area contributed by atoms with Crippen molar-refractivity contribution in [3.63, 3.8) is 0 Å². The van der Waals surface area contributed by atoms with Crippen LogP contribution in [0.5, 0.6) is 0 Å². The van der Waals surface area contributed by atoms with Crippen LogP contribution in [0, 0.1) is 0 Å². The van der Waals surface area contributed by atoms with E-state index in [1.807, 2.05) is 6.08 Å². The first kappa shape index (κ1) is 46.8. The highest BCUT2D eigenvalue weighted by Gasteiger charge is 2.24. The van der Waals surface area contributed by atoms with Crippen LogP contribution in [-0.4, -0.2) is 43.3 Å². The van der Waals surface area contributed by atoms with Crippen molar-refractivity contribution in [2.24, 2.45) is 5.73 Å². The lowest BCUT2D eigenvalue weighted by molar-refractivity contribution is -0.147. The minimum Gasteiger partial charge on any atom is -0.492 e. The van der Waals surface area contributed by atoms with Crippen molar-refractivity contribution in [2.45, 2.75) is 193 Å². The first-order valence-corrected chi connectivity index (χ1v) is 21.4. The molecule has 0 aliphatic rings. The topological polar surface area (TPSA) is 117 Å². The molecule has 0 amide bonds. The second kappa shape index (κ2) is 37.1. The average Bonchev–Trinajstić information content (AvgIpc) is 3.08. The minimum absolute atomic E-state index is 0.0646. The Labute approximate surface area is 296 Å². The quantitative estimate of drug-likeness (QED) is 0.0215. The third-order valence-electron chi connectivity index (χ3n) is 8.46. The second-order valence-electron chi connectivity index (χ2n) is 13.2. The molecule has 0 saturated carbocycles. The van der Waals surface area contributed by atoms with E-state index in [2.05, 4.69) is 26.0 Å². The summed E-state index contributed by atoms with van der Waals surface area (Å²) in [5, 5.41) is 0. The molecule has 0 heterocycles. The normalized spacial score (nSPS) is 13.8. The summed E-state index contributed by atoms with van der Waals surface area (Å²) in [4.78, 5) is 22.2. The van der Waals surface area contributed by atoms with Crippen LogP contribution in [0.1, 0.15) is 187 Å². The van der Waals surface area contributed by atoms with Crippen LogP contribution in [0.3, 0.4) is 0 Å². The van der Waals surface area contributed by atoms with E-state index in [4.69, 9.17) is 24.3 Å². The van der Waals surface area contributed by atoms with Crippen molar-refractivity contribution in [2.75, 3.05) is 26.4 Å². The number of nitrogens with two attached hydrogens (primary N) is 1. The smallest absolute Gasteiger partial charge is 0.472 e. The van der Waals surface area contributed by atoms with Crippen LogP contribution in [0.25, 0.3) is 0 Å². The number of carbonyl (C=O) groups is 1. The average molecular weight is 702 g/mol. The third-order valence-corrected chi connectivity index (χ3v) is 9.44. The molecule has 0 saturated heterocycles. The highest BCUT2D eigenvalue weighted by atomic mass is 31.2. The monoisotopic (exact) mass is 702 g/mol. The molecule has 2 unspecified atom stereocenters. The highest BCUT2D eigenvalue weighted by Crippen LogP contribution is 2.43. The van der Waals surface area contributed by atoms with E-state index in [-0.39, 0.29) is 32.3 Å². The van der Waals surface area contributed by atoms with Gasteiger partial charge in [0.2, 0.25) is 0 Å². The van der Waals surface area contributed by atoms with Crippen molar-refractivity contribution in [3.05, 3.63) is 24.5 Å². The van der Waals surface area contributed by atoms with Crippen LogP contribution < -0.4 is 5.73 Å². The molecule has 2 atom stereocenters. The molecule has 0 aromatic carbocycles. The zero-order valence-corrected chi connectivity index (χ0v) is 32.1. The maximum Gasteiger partial charge on any atom is 0.472 e. The Bertz CT molecular complexity index is 792. The maximum atomic E-state index is 12.3. The lowest BCUT2D eigenvalue weighted by Gasteiger charge is -2.19. The fraction of sp³-hybridized carbons (Fsp3) is 0.872. The van der Waals surface area contributed by atoms with E-state index in [1.165, 1.54) is 122 Å². The number of carbonyl (C=O) groups excluding carboxylic acids is 1. The van der Waals surface area contributed by atoms with Gasteiger partial charge in [0.25, 0.3) is 0 Å². The van der Waals surface area contributed by atoms with Gasteiger partial charge in [-0.15, -0.1) is 0 Å². The van der Waals surface area contributed by atoms with Crippen molar-refractivity contribution in [1.82, 2.24) is 0 Å². The number of ether oxygens (including phenoxy) is 2. The predicted octanol–water partition coefficient (Wildman–Crippen LogP) is 11.6. The molecular formula is C39H76NO7P. The lowest BCUT2D eigenvalue weighted by atomic mass is 10.0. The van der Waals surface area contributed by atoms with E-state index in [1.54, 1.807) is 6.26 Å². The fourth-order valence-corrected chi connectivity index (χ4v) is 6.21. The number of allylic oxidation sites excluding steroid dienone is 3. The molecule has 284 valence electrons. The van der Waals surface area contributed by atoms with Crippen molar-refractivity contribution >= 4 is 13.8 Å². The summed E-state index contributed by atoms with van der Waals surface area (Å²) in [6.45, 7) is 4.21. The van der Waals surface area contributed by atoms with Gasteiger partial charge in [0, 0.05) is 13.0 Å². The van der Waals surface area contributed by atoms with E-state index >= 15 is 0 Å². The number of hydrogen-bond donors (Lipinski definition) is 2. The van der Waals surface area contributed by atoms with Gasteiger partial charge in [0.1, 0.15) is 6.61 Å². The summed E-state index contributed by atoms with van der Waals surface area (Å²) in [6.07, 6.45) is 40.0. The van der Waals surface area contributed by atoms with Gasteiger partial charge in [-0.1, -0.05) is 148 Å². The number of phosphoric ester groups is 1. The number of esters is 1. The molecule has 0 aliphatic carbocycles. The summed E-state index contributed by atoms with van der Waals surface area (Å²) < 4.78 is 33.1. The Morgan fingerprint density at radius 2 is 1.06 bits per heavy atom. The van der Waals surface area contributed by atoms with Crippen LogP contribution >= 0.6 is 7.82 Å². The molecule has 0 aliphatic heterocycles. The first-order chi connectivity index (χ1) is 23.4. The van der Waals surface area contributed by atoms with Gasteiger partial charge in [-0.05, 0) is 51.0 Å². The maximum absolute atomic E-state index is 12.3. The van der Waals surface area contributed by atoms with Crippen LogP contribution in [0.2, 0.25) is 0 Å². The van der Waals surface area contributed by atoms with Crippen LogP contribution in [0.15, 0.2) is 24.5 Å². The minimum atomic E-state index is -4.26. The van der Waals surface area contributed by atoms with Gasteiger partial charge in [0.05, 0.1) is 19.5 Å². The van der Waals surface area contributed by atoms with E-state index < -0.39 is 13.9 Å². The summed E-state index contributed by atoms with van der Waals surface area (Å²) in [6, 6.07) is 0. The van der Waals surface area contributed by atoms with Gasteiger partial charge in [-0.25, -0.2) is 4.57 Å². The Morgan fingerprint density at radius 1 is 0.625 bits per heavy atom. The number of rotatable bonds is 38. The molecule has 0 bridgehead atoms. The second-order valence-corrected chi connectivity index (χ2v) is 14.7. The molecule has 48 heavy (non-hydrogen) atoms. The van der Waals surface area contributed by atoms with Crippen molar-refractivity contribution < 1.29 is 32.8 Å². The zero-order chi connectivity index (χ0) is 35.2. The number of phosphoric acid groups is 1. The van der Waals surface area contributed by atoms with Gasteiger partial charge >= 0.3 is 13.8 Å². The molecule has 0 radical (unpaired) electrons. The molecule has 0 rings (SSSR count). The molecule has 0 aromatic rings. The van der Waals surface area contributed by atoms with E-state index in [0.717, 1.165) is 44.9 Å². The Kier molecular flexibility index (Phi) is 36.2. The van der Waals surface area contributed by atoms with E-state index in [9.17, 15) is 14.3 Å². The molecule has 0 fully saturated rings. The molecule has 9 heteroatoms. The zero-order valence-electron chi connectivity index (χ0n) is 31.2. The summed E-state index contributed by atoms with van der Waals surface area (Å²) in [5.41, 5.74) is 5.35. The number of unbranched alkanes of at least 4 members (excludes halogenated alkanes) is 23. The summed E-state index contributed by atoms with van der Waals surface area (Å²) in [5.74, 6) is -0.292. The number of hydrogen-bond acceptors (Lipinski definition) is 7. The van der Waals surface area contributed by atoms with Gasteiger partial charge in [-0.3, -0.25) is 13.8 Å². The van der Waals surface area contributed by atoms with Crippen LogP contribution in [-0.2, 0) is 27.9 Å². The lowest BCUT2D eigenvalue weighted by Crippen LogP contribution is -2.25. The fourth-order valence-electron chi connectivity index (χ4n) is 5.45. The Morgan fingerprint density at radius 3 is 1.54 bits per heavy atom. The summed E-state index contributed by atoms with van der Waals surface area (Å²) >= 11 is 0. The van der Waals surface area contributed by atoms with Gasteiger partial charge in [0.15, 0.2) is 6.10 Å². The molecule has 0 spiro atoms. The molecule has 8 nitrogen and oxygen atoms in total. The van der Waals surface area contributed by atoms with Crippen LogP contribution in [0.4, 0.5) is 0 Å². The van der Waals surface area contributed by atoms with Gasteiger partial charge in [-0.2, -0.15) is 0 Å². The molecule has 3 N–H and O–H groups in total.